The molecule has 0 radical (unpaired) electrons. The van der Waals surface area contributed by atoms with E-state index in [1.54, 1.807) is 12.3 Å². The first-order valence-corrected chi connectivity index (χ1v) is 9.75. The van der Waals surface area contributed by atoms with Crippen LogP contribution in [0.1, 0.15) is 63.7 Å². The first-order chi connectivity index (χ1) is 12.0. The number of hydrogen-bond donors (Lipinski definition) is 1. The summed E-state index contributed by atoms with van der Waals surface area (Å²) < 4.78 is 5.30. The summed E-state index contributed by atoms with van der Waals surface area (Å²) in [6, 6.07) is 4.27. The van der Waals surface area contributed by atoms with Gasteiger partial charge in [0.25, 0.3) is 0 Å². The Morgan fingerprint density at radius 1 is 1.36 bits per heavy atom. The average Bonchev–Trinajstić information content (AvgIpc) is 3.27. The first-order valence-electron chi connectivity index (χ1n) is 9.75. The summed E-state index contributed by atoms with van der Waals surface area (Å²) >= 11 is 0. The van der Waals surface area contributed by atoms with Crippen molar-refractivity contribution >= 4 is 5.91 Å². The highest BCUT2D eigenvalue weighted by atomic mass is 16.4. The molecule has 5 nitrogen and oxygen atoms in total. The van der Waals surface area contributed by atoms with E-state index in [1.807, 2.05) is 18.0 Å². The fourth-order valence-electron chi connectivity index (χ4n) is 4.34. The molecule has 2 unspecified atom stereocenters. The maximum atomic E-state index is 12.7. The second-order valence-corrected chi connectivity index (χ2v) is 7.95. The van der Waals surface area contributed by atoms with Gasteiger partial charge in [0.1, 0.15) is 11.9 Å². The lowest BCUT2D eigenvalue weighted by atomic mass is 9.87. The predicted octanol–water partition coefficient (Wildman–Crippen LogP) is 3.20. The van der Waals surface area contributed by atoms with Crippen LogP contribution in [0.3, 0.4) is 0 Å². The highest BCUT2D eigenvalue weighted by molar-refractivity contribution is 5.78. The standard InChI is InChI=1S/C20H32N2O3/c1-15-7-9-16(10-8-15)21(2)20(24)14-22-11-3-5-17(22)13-18(23)19-6-4-12-25-19/h4,6,12,15-18,23H,3,5,7-11,13-14H2,1-2H3. The molecule has 1 aliphatic heterocycles. The van der Waals surface area contributed by atoms with Gasteiger partial charge in [0, 0.05) is 19.1 Å². The zero-order chi connectivity index (χ0) is 17.8. The predicted molar refractivity (Wildman–Crippen MR) is 97.1 cm³/mol. The highest BCUT2D eigenvalue weighted by Gasteiger charge is 2.31. The van der Waals surface area contributed by atoms with Crippen LogP contribution >= 0.6 is 0 Å². The van der Waals surface area contributed by atoms with Crippen LogP contribution in [0.25, 0.3) is 0 Å². The first kappa shape index (κ1) is 18.5. The number of aliphatic hydroxyl groups is 1. The molecule has 0 bridgehead atoms. The van der Waals surface area contributed by atoms with Crippen LogP contribution in [0.15, 0.2) is 22.8 Å². The van der Waals surface area contributed by atoms with E-state index in [0.29, 0.717) is 24.8 Å². The summed E-state index contributed by atoms with van der Waals surface area (Å²) in [5.74, 6) is 1.64. The van der Waals surface area contributed by atoms with Gasteiger partial charge in [-0.05, 0) is 69.5 Å². The van der Waals surface area contributed by atoms with Gasteiger partial charge in [-0.2, -0.15) is 0 Å². The molecule has 0 spiro atoms. The molecule has 1 amide bonds. The van der Waals surface area contributed by atoms with Gasteiger partial charge in [0.05, 0.1) is 12.8 Å². The van der Waals surface area contributed by atoms with Gasteiger partial charge in [-0.1, -0.05) is 6.92 Å². The summed E-state index contributed by atoms with van der Waals surface area (Å²) in [5, 5.41) is 10.3. The van der Waals surface area contributed by atoms with Crippen LogP contribution in [0, 0.1) is 5.92 Å². The molecule has 2 fully saturated rings. The summed E-state index contributed by atoms with van der Waals surface area (Å²) in [6.07, 6.45) is 8.47. The maximum Gasteiger partial charge on any atom is 0.236 e. The van der Waals surface area contributed by atoms with Crippen LogP contribution in [0.4, 0.5) is 0 Å². The Morgan fingerprint density at radius 3 is 2.80 bits per heavy atom. The summed E-state index contributed by atoms with van der Waals surface area (Å²) in [6.45, 7) is 3.71. The van der Waals surface area contributed by atoms with E-state index in [-0.39, 0.29) is 11.9 Å². The Balaban J connectivity index is 1.51. The summed E-state index contributed by atoms with van der Waals surface area (Å²) in [5.41, 5.74) is 0. The lowest BCUT2D eigenvalue weighted by Crippen LogP contribution is -2.45. The number of aliphatic hydroxyl groups excluding tert-OH is 1. The van der Waals surface area contributed by atoms with E-state index in [0.717, 1.165) is 38.1 Å². The fraction of sp³-hybridized carbons (Fsp3) is 0.750. The van der Waals surface area contributed by atoms with Gasteiger partial charge in [-0.15, -0.1) is 0 Å². The molecule has 25 heavy (non-hydrogen) atoms. The number of nitrogens with zero attached hydrogens (tertiary/aromatic N) is 2. The molecule has 140 valence electrons. The molecule has 1 saturated heterocycles. The van der Waals surface area contributed by atoms with Gasteiger partial charge in [0.2, 0.25) is 5.91 Å². The molecular formula is C20H32N2O3. The number of likely N-dealkylation sites (N-methyl/N-ethyl adjacent to an activating group) is 1. The number of likely N-dealkylation sites (tertiary alicyclic amines) is 1. The molecule has 1 N–H and O–H groups in total. The zero-order valence-corrected chi connectivity index (χ0v) is 15.6. The number of carbonyl (C=O) groups is 1. The quantitative estimate of drug-likeness (QED) is 0.858. The van der Waals surface area contributed by atoms with Crippen LogP contribution < -0.4 is 0 Å². The van der Waals surface area contributed by atoms with Crippen molar-refractivity contribution < 1.29 is 14.3 Å². The van der Waals surface area contributed by atoms with Crippen molar-refractivity contribution in [3.05, 3.63) is 24.2 Å². The van der Waals surface area contributed by atoms with Crippen molar-refractivity contribution in [2.24, 2.45) is 5.92 Å². The van der Waals surface area contributed by atoms with E-state index < -0.39 is 6.10 Å². The second kappa shape index (κ2) is 8.37. The molecule has 2 aliphatic rings. The molecule has 1 saturated carbocycles. The minimum atomic E-state index is -0.590. The molecule has 2 atom stereocenters. The van der Waals surface area contributed by atoms with Gasteiger partial charge in [-0.25, -0.2) is 0 Å². The van der Waals surface area contributed by atoms with Crippen molar-refractivity contribution in [1.29, 1.82) is 0 Å². The second-order valence-electron chi connectivity index (χ2n) is 7.95. The number of carbonyl (C=O) groups excluding carboxylic acids is 1. The normalized spacial score (nSPS) is 28.8. The zero-order valence-electron chi connectivity index (χ0n) is 15.6. The van der Waals surface area contributed by atoms with Crippen molar-refractivity contribution in [2.45, 2.75) is 70.1 Å². The molecule has 0 aromatic carbocycles. The van der Waals surface area contributed by atoms with E-state index in [2.05, 4.69) is 11.8 Å². The Labute approximate surface area is 151 Å². The minimum absolute atomic E-state index is 0.221. The molecule has 3 rings (SSSR count). The molecule has 1 aliphatic carbocycles. The Bertz CT molecular complexity index is 537. The van der Waals surface area contributed by atoms with E-state index in [4.69, 9.17) is 4.42 Å². The number of amides is 1. The molecular weight excluding hydrogens is 316 g/mol. The summed E-state index contributed by atoms with van der Waals surface area (Å²) in [7, 11) is 1.96. The third-order valence-electron chi connectivity index (χ3n) is 6.13. The third-order valence-corrected chi connectivity index (χ3v) is 6.13. The Hall–Kier alpha value is -1.33. The fourth-order valence-corrected chi connectivity index (χ4v) is 4.34. The van der Waals surface area contributed by atoms with Crippen molar-refractivity contribution in [1.82, 2.24) is 9.80 Å². The SMILES string of the molecule is CC1CCC(N(C)C(=O)CN2CCCC2CC(O)c2ccco2)CC1. The van der Waals surface area contributed by atoms with Gasteiger partial charge in [0.15, 0.2) is 0 Å². The number of rotatable bonds is 6. The van der Waals surface area contributed by atoms with Crippen molar-refractivity contribution in [2.75, 3.05) is 20.1 Å². The molecule has 1 aromatic rings. The maximum absolute atomic E-state index is 12.7. The Kier molecular flexibility index (Phi) is 6.18. The summed E-state index contributed by atoms with van der Waals surface area (Å²) in [4.78, 5) is 17.0. The van der Waals surface area contributed by atoms with Crippen molar-refractivity contribution in [3.63, 3.8) is 0 Å². The van der Waals surface area contributed by atoms with E-state index in [9.17, 15) is 9.90 Å². The number of hydrogen-bond acceptors (Lipinski definition) is 4. The number of furan rings is 1. The topological polar surface area (TPSA) is 56.9 Å². The van der Waals surface area contributed by atoms with Crippen LogP contribution in [-0.2, 0) is 4.79 Å². The highest BCUT2D eigenvalue weighted by Crippen LogP contribution is 2.29. The Morgan fingerprint density at radius 2 is 2.12 bits per heavy atom. The molecule has 2 heterocycles. The lowest BCUT2D eigenvalue weighted by Gasteiger charge is -2.35. The van der Waals surface area contributed by atoms with E-state index in [1.165, 1.54) is 12.8 Å². The van der Waals surface area contributed by atoms with E-state index >= 15 is 0 Å². The third kappa shape index (κ3) is 4.64. The van der Waals surface area contributed by atoms with Crippen LogP contribution in [0.2, 0.25) is 0 Å². The smallest absolute Gasteiger partial charge is 0.236 e. The van der Waals surface area contributed by atoms with Gasteiger partial charge in [-0.3, -0.25) is 9.69 Å². The van der Waals surface area contributed by atoms with Crippen molar-refractivity contribution in [3.8, 4) is 0 Å². The molecule has 1 aromatic heterocycles. The van der Waals surface area contributed by atoms with Crippen LogP contribution in [-0.4, -0.2) is 53.0 Å². The monoisotopic (exact) mass is 348 g/mol. The average molecular weight is 348 g/mol. The molecule has 5 heteroatoms. The van der Waals surface area contributed by atoms with Crippen LogP contribution in [0.5, 0.6) is 0 Å². The van der Waals surface area contributed by atoms with Gasteiger partial charge < -0.3 is 14.4 Å². The minimum Gasteiger partial charge on any atom is -0.467 e. The van der Waals surface area contributed by atoms with Gasteiger partial charge >= 0.3 is 0 Å². The lowest BCUT2D eigenvalue weighted by molar-refractivity contribution is -0.134. The largest absolute Gasteiger partial charge is 0.467 e.